The quantitative estimate of drug-likeness (QED) is 0.196. The van der Waals surface area contributed by atoms with Gasteiger partial charge >= 0.3 is 0 Å². The number of thiazole rings is 1. The molecule has 0 saturated heterocycles. The summed E-state index contributed by atoms with van der Waals surface area (Å²) in [6, 6.07) is 18.2. The highest BCUT2D eigenvalue weighted by Gasteiger charge is 2.20. The Bertz CT molecular complexity index is 1190. The summed E-state index contributed by atoms with van der Waals surface area (Å²) < 4.78 is 6.33. The van der Waals surface area contributed by atoms with Gasteiger partial charge in [0.25, 0.3) is 0 Å². The minimum atomic E-state index is 0.0965. The van der Waals surface area contributed by atoms with Crippen molar-refractivity contribution in [1.29, 1.82) is 0 Å². The SMILES string of the molecule is CCc1cccc2sc(N(Cc3ccncc3)C(=O)CCCSc3ccc(OC)cc3)nc12. The molecule has 0 fully saturated rings. The second-order valence-corrected chi connectivity index (χ2v) is 9.75. The van der Waals surface area contributed by atoms with E-state index >= 15 is 0 Å². The number of aromatic nitrogens is 2. The number of thioether (sulfide) groups is 1. The molecule has 7 heteroatoms. The van der Waals surface area contributed by atoms with Crippen LogP contribution in [0.4, 0.5) is 5.13 Å². The summed E-state index contributed by atoms with van der Waals surface area (Å²) >= 11 is 3.34. The molecule has 1 amide bonds. The van der Waals surface area contributed by atoms with Crippen LogP contribution in [-0.2, 0) is 17.8 Å². The Morgan fingerprint density at radius 2 is 1.88 bits per heavy atom. The standard InChI is InChI=1S/C26H27N3O2S2/c1-3-20-6-4-7-23-25(20)28-26(33-23)29(18-19-13-15-27-16-14-19)24(30)8-5-17-32-22-11-9-21(31-2)10-12-22/h4,6-7,9-16H,3,5,8,17-18H2,1-2H3. The van der Waals surface area contributed by atoms with E-state index in [4.69, 9.17) is 9.72 Å². The second-order valence-electron chi connectivity index (χ2n) is 7.58. The van der Waals surface area contributed by atoms with Crippen molar-refractivity contribution in [3.05, 3.63) is 78.1 Å². The number of aryl methyl sites for hydroxylation is 1. The van der Waals surface area contributed by atoms with Crippen LogP contribution in [0.15, 0.2) is 71.9 Å². The molecule has 5 nitrogen and oxygen atoms in total. The third kappa shape index (κ3) is 5.92. The maximum atomic E-state index is 13.3. The molecule has 0 aliphatic carbocycles. The summed E-state index contributed by atoms with van der Waals surface area (Å²) in [5.41, 5.74) is 3.26. The van der Waals surface area contributed by atoms with Crippen molar-refractivity contribution in [3.63, 3.8) is 0 Å². The Morgan fingerprint density at radius 1 is 1.09 bits per heavy atom. The molecule has 0 aliphatic rings. The van der Waals surface area contributed by atoms with Crippen molar-refractivity contribution >= 4 is 44.4 Å². The molecule has 0 N–H and O–H groups in total. The van der Waals surface area contributed by atoms with Crippen molar-refractivity contribution in [2.24, 2.45) is 0 Å². The number of para-hydroxylation sites is 1. The number of anilines is 1. The Kier molecular flexibility index (Phi) is 7.96. The number of amides is 1. The number of rotatable bonds is 10. The van der Waals surface area contributed by atoms with Crippen LogP contribution >= 0.6 is 23.1 Å². The fourth-order valence-electron chi connectivity index (χ4n) is 3.55. The van der Waals surface area contributed by atoms with E-state index < -0.39 is 0 Å². The lowest BCUT2D eigenvalue weighted by molar-refractivity contribution is -0.118. The van der Waals surface area contributed by atoms with Crippen LogP contribution in [-0.4, -0.2) is 28.7 Å². The van der Waals surface area contributed by atoms with E-state index in [0.29, 0.717) is 13.0 Å². The molecule has 0 spiro atoms. The first kappa shape index (κ1) is 23.3. The van der Waals surface area contributed by atoms with Crippen LogP contribution in [0.5, 0.6) is 5.75 Å². The van der Waals surface area contributed by atoms with Gasteiger partial charge in [-0.05, 0) is 72.2 Å². The summed E-state index contributed by atoms with van der Waals surface area (Å²) in [5, 5.41) is 0.760. The van der Waals surface area contributed by atoms with Crippen LogP contribution in [0.2, 0.25) is 0 Å². The molecule has 0 radical (unpaired) electrons. The van der Waals surface area contributed by atoms with E-state index in [1.807, 2.05) is 41.3 Å². The lowest BCUT2D eigenvalue weighted by atomic mass is 10.1. The molecule has 170 valence electrons. The molecule has 4 aromatic rings. The average Bonchev–Trinajstić information content (AvgIpc) is 3.30. The van der Waals surface area contributed by atoms with E-state index in [9.17, 15) is 4.79 Å². The van der Waals surface area contributed by atoms with Crippen molar-refractivity contribution in [2.45, 2.75) is 37.6 Å². The predicted octanol–water partition coefficient (Wildman–Crippen LogP) is 6.37. The van der Waals surface area contributed by atoms with Gasteiger partial charge in [-0.2, -0.15) is 0 Å². The minimum absolute atomic E-state index is 0.0965. The Morgan fingerprint density at radius 3 is 2.61 bits per heavy atom. The molecule has 0 aliphatic heterocycles. The molecule has 0 saturated carbocycles. The first-order valence-corrected chi connectivity index (χ1v) is 12.8. The van der Waals surface area contributed by atoms with Gasteiger partial charge in [0.05, 0.1) is 23.9 Å². The molecule has 4 rings (SSSR count). The normalized spacial score (nSPS) is 11.0. The Labute approximate surface area is 202 Å². The van der Waals surface area contributed by atoms with Gasteiger partial charge in [0, 0.05) is 23.7 Å². The second kappa shape index (κ2) is 11.3. The first-order chi connectivity index (χ1) is 16.2. The first-order valence-electron chi connectivity index (χ1n) is 11.0. The fraction of sp³-hybridized carbons (Fsp3) is 0.269. The highest BCUT2D eigenvalue weighted by atomic mass is 32.2. The molecule has 0 unspecified atom stereocenters. The third-order valence-electron chi connectivity index (χ3n) is 5.36. The number of benzene rings is 2. The number of ether oxygens (including phenoxy) is 1. The minimum Gasteiger partial charge on any atom is -0.497 e. The molecule has 2 heterocycles. The van der Waals surface area contributed by atoms with E-state index in [1.165, 1.54) is 10.5 Å². The Hall–Kier alpha value is -2.90. The fourth-order valence-corrected chi connectivity index (χ4v) is 5.43. The van der Waals surface area contributed by atoms with E-state index in [2.05, 4.69) is 30.1 Å². The zero-order valence-corrected chi connectivity index (χ0v) is 20.5. The van der Waals surface area contributed by atoms with E-state index in [-0.39, 0.29) is 5.91 Å². The largest absolute Gasteiger partial charge is 0.497 e. The molecule has 0 bridgehead atoms. The van der Waals surface area contributed by atoms with Crippen LogP contribution in [0, 0.1) is 0 Å². The Balaban J connectivity index is 1.46. The van der Waals surface area contributed by atoms with Gasteiger partial charge in [0.15, 0.2) is 5.13 Å². The lowest BCUT2D eigenvalue weighted by Crippen LogP contribution is -2.30. The summed E-state index contributed by atoms with van der Waals surface area (Å²) in [4.78, 5) is 25.3. The summed E-state index contributed by atoms with van der Waals surface area (Å²) in [6.45, 7) is 2.63. The zero-order chi connectivity index (χ0) is 23.0. The highest BCUT2D eigenvalue weighted by molar-refractivity contribution is 7.99. The number of nitrogens with zero attached hydrogens (tertiary/aromatic N) is 3. The maximum absolute atomic E-state index is 13.3. The molecular formula is C26H27N3O2S2. The van der Waals surface area contributed by atoms with E-state index in [0.717, 1.165) is 45.3 Å². The maximum Gasteiger partial charge on any atom is 0.229 e. The van der Waals surface area contributed by atoms with Crippen molar-refractivity contribution in [2.75, 3.05) is 17.8 Å². The number of hydrogen-bond donors (Lipinski definition) is 0. The van der Waals surface area contributed by atoms with Crippen molar-refractivity contribution in [1.82, 2.24) is 9.97 Å². The van der Waals surface area contributed by atoms with Crippen LogP contribution < -0.4 is 9.64 Å². The summed E-state index contributed by atoms with van der Waals surface area (Å²) in [5.74, 6) is 1.82. The number of fused-ring (bicyclic) bond motifs is 1. The lowest BCUT2D eigenvalue weighted by Gasteiger charge is -2.20. The number of hydrogen-bond acceptors (Lipinski definition) is 6. The molecule has 2 aromatic carbocycles. The number of pyridine rings is 1. The van der Waals surface area contributed by atoms with Gasteiger partial charge in [-0.25, -0.2) is 4.98 Å². The highest BCUT2D eigenvalue weighted by Crippen LogP contribution is 2.32. The van der Waals surface area contributed by atoms with Crippen LogP contribution in [0.1, 0.15) is 30.9 Å². The van der Waals surface area contributed by atoms with Gasteiger partial charge in [0.1, 0.15) is 5.75 Å². The molecule has 0 atom stereocenters. The topological polar surface area (TPSA) is 55.3 Å². The molecule has 33 heavy (non-hydrogen) atoms. The van der Waals surface area contributed by atoms with E-state index in [1.54, 1.807) is 42.6 Å². The molecular weight excluding hydrogens is 450 g/mol. The van der Waals surface area contributed by atoms with Crippen molar-refractivity contribution < 1.29 is 9.53 Å². The smallest absolute Gasteiger partial charge is 0.229 e. The third-order valence-corrected chi connectivity index (χ3v) is 7.50. The van der Waals surface area contributed by atoms with Gasteiger partial charge < -0.3 is 4.74 Å². The summed E-state index contributed by atoms with van der Waals surface area (Å²) in [7, 11) is 1.67. The van der Waals surface area contributed by atoms with Crippen LogP contribution in [0.3, 0.4) is 0 Å². The average molecular weight is 478 g/mol. The predicted molar refractivity (Wildman–Crippen MR) is 137 cm³/mol. The van der Waals surface area contributed by atoms with Gasteiger partial charge in [0.2, 0.25) is 5.91 Å². The zero-order valence-electron chi connectivity index (χ0n) is 18.9. The number of methoxy groups -OCH3 is 1. The van der Waals surface area contributed by atoms with Gasteiger partial charge in [-0.15, -0.1) is 11.8 Å². The number of carbonyl (C=O) groups is 1. The molecule has 2 aromatic heterocycles. The number of carbonyl (C=O) groups excluding carboxylic acids is 1. The van der Waals surface area contributed by atoms with Gasteiger partial charge in [-0.1, -0.05) is 30.4 Å². The van der Waals surface area contributed by atoms with Crippen LogP contribution in [0.25, 0.3) is 10.2 Å². The van der Waals surface area contributed by atoms with Crippen molar-refractivity contribution in [3.8, 4) is 5.75 Å². The summed E-state index contributed by atoms with van der Waals surface area (Å²) in [6.07, 6.45) is 5.72. The van der Waals surface area contributed by atoms with Gasteiger partial charge in [-0.3, -0.25) is 14.7 Å². The monoisotopic (exact) mass is 477 g/mol.